The van der Waals surface area contributed by atoms with E-state index in [1.807, 2.05) is 170 Å². The Hall–Kier alpha value is -20.0. The quantitative estimate of drug-likeness (QED) is 0.0853. The smallest absolute Gasteiger partial charge is 0.227 e. The van der Waals surface area contributed by atoms with Crippen LogP contribution in [0, 0.1) is 0 Å². The van der Waals surface area contributed by atoms with Gasteiger partial charge in [0.25, 0.3) is 0 Å². The highest BCUT2D eigenvalue weighted by Crippen LogP contribution is 2.53. The number of rotatable bonds is 16. The maximum Gasteiger partial charge on any atom is 0.227 e. The Bertz CT molecular complexity index is 9810. The lowest BCUT2D eigenvalue weighted by Gasteiger charge is -2.33. The van der Waals surface area contributed by atoms with Gasteiger partial charge in [0.2, 0.25) is 17.7 Å². The molecule has 0 radical (unpaired) electrons. The fourth-order valence-electron chi connectivity index (χ4n) is 20.8. The number of nitrogens with zero attached hydrogens (tertiary/aromatic N) is 8. The minimum Gasteiger partial charge on any atom is -0.456 e. The Morgan fingerprint density at radius 3 is 1.23 bits per heavy atom. The van der Waals surface area contributed by atoms with Gasteiger partial charge in [0.15, 0.2) is 28.2 Å². The van der Waals surface area contributed by atoms with Gasteiger partial charge in [-0.1, -0.05) is 309 Å². The monoisotopic (exact) mass is 1890 g/mol. The van der Waals surface area contributed by atoms with Gasteiger partial charge in [0, 0.05) is 117 Å². The zero-order valence-electron chi connectivity index (χ0n) is 79.3. The van der Waals surface area contributed by atoms with Gasteiger partial charge in [0.05, 0.1) is 28.5 Å². The molecule has 0 saturated heterocycles. The van der Waals surface area contributed by atoms with Crippen molar-refractivity contribution >= 4 is 188 Å². The van der Waals surface area contributed by atoms with E-state index in [4.69, 9.17) is 42.3 Å². The highest BCUT2D eigenvalue weighted by molar-refractivity contribution is 6.23. The minimum atomic E-state index is 0.621. The maximum absolute atomic E-state index is 6.54. The number of para-hydroxylation sites is 7. The molecule has 28 aromatic rings. The minimum absolute atomic E-state index is 0.621. The third kappa shape index (κ3) is 16.0. The van der Waals surface area contributed by atoms with E-state index in [1.165, 1.54) is 11.1 Å². The number of ether oxygens (including phenoxy) is 1. The van der Waals surface area contributed by atoms with Crippen molar-refractivity contribution in [2.75, 3.05) is 19.6 Å². The van der Waals surface area contributed by atoms with Crippen LogP contribution in [-0.4, -0.2) is 19.9 Å². The first kappa shape index (κ1) is 86.1. The summed E-state index contributed by atoms with van der Waals surface area (Å²) < 4.78 is 32.0. The maximum atomic E-state index is 6.54. The van der Waals surface area contributed by atoms with E-state index in [1.54, 1.807) is 0 Å². The standard InChI is InChI=1S/C45H29N3O2.C45H28N2O2.C44H29N3O/c1-3-12-31(13-4-1)45-46-44-42(50-45)27-24-30-22-23-32-28-36(25-26-37(32)43(30)44)47(33-14-5-2-6-15-33)34-16-11-17-35(29-34)48-38-18-7-9-20-40(38)49-41-21-10-8-19-39(41)48;1-3-10-29(11-4-1)30-18-22-33(23-19-30)47(34-24-26-37-36-14-7-8-17-41(36)48-42(37)28-34)40-16-9-15-38-35(40)25-20-31-21-27-39-44(43(31)38)49-45(46-39)32-12-5-2-6-13-32;1-4-11-31(12-5-1)39-17-10-18-40(45-39)32-22-25-36(26-23-32)47(35-15-8-3-9-16-35)37-27-21-30-19-20-33-24-28-41-43(42(33)38(30)29-37)48-44(46-41)34-13-6-2-7-14-34/h1-29H;1-28H;1-29H. The average molecular weight is 1890 g/mol. The van der Waals surface area contributed by atoms with E-state index in [-0.39, 0.29) is 0 Å². The molecule has 0 aliphatic carbocycles. The summed E-state index contributed by atoms with van der Waals surface area (Å²) in [6.45, 7) is 0. The van der Waals surface area contributed by atoms with Crippen molar-refractivity contribution in [1.82, 2.24) is 19.9 Å². The molecule has 0 bridgehead atoms. The predicted molar refractivity (Wildman–Crippen MR) is 604 cm³/mol. The van der Waals surface area contributed by atoms with Crippen LogP contribution >= 0.6 is 0 Å². The molecule has 0 N–H and O–H groups in total. The second-order valence-corrected chi connectivity index (χ2v) is 36.7. The Morgan fingerprint density at radius 2 is 0.599 bits per heavy atom. The predicted octanol–water partition coefficient (Wildman–Crippen LogP) is 37.7. The summed E-state index contributed by atoms with van der Waals surface area (Å²) in [6, 6.07) is 181. The molecule has 23 aromatic carbocycles. The molecule has 6 heterocycles. The molecule has 0 spiro atoms. The van der Waals surface area contributed by atoms with Crippen molar-refractivity contribution < 1.29 is 22.4 Å². The summed E-state index contributed by atoms with van der Waals surface area (Å²) in [5.41, 5.74) is 28.5. The second-order valence-electron chi connectivity index (χ2n) is 36.7. The van der Waals surface area contributed by atoms with E-state index in [0.29, 0.717) is 17.7 Å². The van der Waals surface area contributed by atoms with Crippen molar-refractivity contribution in [3.05, 3.63) is 522 Å². The molecule has 29 rings (SSSR count). The van der Waals surface area contributed by atoms with Crippen LogP contribution in [0.2, 0.25) is 0 Å². The summed E-state index contributed by atoms with van der Waals surface area (Å²) >= 11 is 0. The fourth-order valence-corrected chi connectivity index (χ4v) is 20.8. The number of pyridine rings is 1. The second kappa shape index (κ2) is 36.9. The van der Waals surface area contributed by atoms with Crippen molar-refractivity contribution in [3.63, 3.8) is 0 Å². The van der Waals surface area contributed by atoms with E-state index in [2.05, 4.69) is 371 Å². The Kier molecular flexibility index (Phi) is 21.6. The average Bonchev–Trinajstić information content (AvgIpc) is 1.72. The molecule has 13 nitrogen and oxygen atoms in total. The van der Waals surface area contributed by atoms with Crippen LogP contribution in [0.15, 0.2) is 539 Å². The zero-order valence-corrected chi connectivity index (χ0v) is 79.3. The molecule has 1 aliphatic rings. The fraction of sp³-hybridized carbons (Fsp3) is 0. The summed E-state index contributed by atoms with van der Waals surface area (Å²) in [6.07, 6.45) is 0. The van der Waals surface area contributed by atoms with Crippen LogP contribution in [0.4, 0.5) is 68.2 Å². The topological polar surface area (TPSA) is 126 Å². The first-order valence-electron chi connectivity index (χ1n) is 49.3. The van der Waals surface area contributed by atoms with Crippen LogP contribution < -0.4 is 24.3 Å². The first-order valence-corrected chi connectivity index (χ1v) is 49.3. The van der Waals surface area contributed by atoms with E-state index in [0.717, 1.165) is 239 Å². The number of oxazole rings is 3. The highest BCUT2D eigenvalue weighted by Gasteiger charge is 2.29. The molecule has 13 heteroatoms. The molecule has 692 valence electrons. The highest BCUT2D eigenvalue weighted by atomic mass is 16.5. The molecule has 0 fully saturated rings. The zero-order chi connectivity index (χ0) is 97.2. The number of benzene rings is 23. The number of fused-ring (bicyclic) bond motifs is 20. The Balaban J connectivity index is 0.000000109. The summed E-state index contributed by atoms with van der Waals surface area (Å²) in [5, 5.41) is 15.5. The third-order valence-electron chi connectivity index (χ3n) is 27.8. The molecule has 5 aromatic heterocycles. The van der Waals surface area contributed by atoms with E-state index < -0.39 is 0 Å². The number of hydrogen-bond donors (Lipinski definition) is 0. The SMILES string of the molecule is c1ccc(-c2ccc(N(c3ccc4c(c3)oc3ccccc34)c3cccc4c3ccc3ccc5nc(-c6ccccc6)oc5c34)cc2)cc1.c1ccc(-c2cccc(-c3ccc(N(c4ccccc4)c4ccc5ccc6ccc7nc(-c8ccccc8)oc7c6c5c4)cc3)n2)cc1.c1ccc(-c2nc3c(ccc4ccc5cc(N(c6ccccc6)c6cccc(N7c8ccccc8Oc8ccccc87)c6)ccc5c43)o2)cc1. The first-order chi connectivity index (χ1) is 72.8. The lowest BCUT2D eigenvalue weighted by molar-refractivity contribution is 0.477. The lowest BCUT2D eigenvalue weighted by Crippen LogP contribution is -2.16. The van der Waals surface area contributed by atoms with E-state index >= 15 is 0 Å². The molecular weight excluding hydrogens is 1800 g/mol. The van der Waals surface area contributed by atoms with Crippen LogP contribution in [0.3, 0.4) is 0 Å². The van der Waals surface area contributed by atoms with Crippen LogP contribution in [0.5, 0.6) is 11.5 Å². The lowest BCUT2D eigenvalue weighted by atomic mass is 9.98. The molecule has 1 aliphatic heterocycles. The Labute approximate surface area is 845 Å². The van der Waals surface area contributed by atoms with Crippen LogP contribution in [0.1, 0.15) is 0 Å². The molecule has 147 heavy (non-hydrogen) atoms. The van der Waals surface area contributed by atoms with Crippen LogP contribution in [-0.2, 0) is 0 Å². The number of aromatic nitrogens is 4. The van der Waals surface area contributed by atoms with Crippen molar-refractivity contribution in [3.8, 4) is 79.5 Å². The summed E-state index contributed by atoms with van der Waals surface area (Å²) in [4.78, 5) is 29.0. The van der Waals surface area contributed by atoms with Gasteiger partial charge in [-0.3, -0.25) is 0 Å². The molecule has 0 saturated carbocycles. The van der Waals surface area contributed by atoms with Gasteiger partial charge >= 0.3 is 0 Å². The van der Waals surface area contributed by atoms with Crippen molar-refractivity contribution in [2.24, 2.45) is 0 Å². The number of anilines is 12. The summed E-state index contributed by atoms with van der Waals surface area (Å²) in [7, 11) is 0. The van der Waals surface area contributed by atoms with Gasteiger partial charge in [-0.05, 0) is 260 Å². The number of furan rings is 1. The molecule has 0 atom stereocenters. The third-order valence-corrected chi connectivity index (χ3v) is 27.8. The van der Waals surface area contributed by atoms with Crippen molar-refractivity contribution in [1.29, 1.82) is 0 Å². The number of hydrogen-bond acceptors (Lipinski definition) is 13. The van der Waals surface area contributed by atoms with Gasteiger partial charge in [0.1, 0.15) is 27.7 Å². The molecule has 0 amide bonds. The van der Waals surface area contributed by atoms with Gasteiger partial charge in [-0.2, -0.15) is 0 Å². The summed E-state index contributed by atoms with van der Waals surface area (Å²) in [5.74, 6) is 3.53. The van der Waals surface area contributed by atoms with Gasteiger partial charge in [-0.25, -0.2) is 19.9 Å². The van der Waals surface area contributed by atoms with Crippen molar-refractivity contribution in [2.45, 2.75) is 0 Å². The Morgan fingerprint density at radius 1 is 0.197 bits per heavy atom. The van der Waals surface area contributed by atoms with Gasteiger partial charge < -0.3 is 42.0 Å². The van der Waals surface area contributed by atoms with E-state index in [9.17, 15) is 0 Å². The van der Waals surface area contributed by atoms with Gasteiger partial charge in [-0.15, -0.1) is 0 Å². The normalized spacial score (nSPS) is 11.7. The largest absolute Gasteiger partial charge is 0.456 e. The molecular formula is C134H86N8O5. The van der Waals surface area contributed by atoms with Crippen LogP contribution in [0.25, 0.3) is 188 Å². The molecule has 0 unspecified atom stereocenters.